The second-order valence-corrected chi connectivity index (χ2v) is 10.2. The number of hydrogen-bond donors (Lipinski definition) is 0. The molecular weight excluding hydrogens is 454 g/mol. The van der Waals surface area contributed by atoms with Crippen LogP contribution < -0.4 is 4.74 Å². The van der Waals surface area contributed by atoms with Gasteiger partial charge < -0.3 is 14.2 Å². The number of aromatic nitrogens is 5. The SMILES string of the molecule is COc1cc(-c2cn(C3CC(C(C)(C)C)CCN(CC(F)F)C3=O)nn2)ccc1-n1cnc(C)c1. The van der Waals surface area contributed by atoms with E-state index < -0.39 is 19.0 Å². The van der Waals surface area contributed by atoms with Crippen molar-refractivity contribution >= 4 is 5.91 Å². The van der Waals surface area contributed by atoms with Gasteiger partial charge in [0.1, 0.15) is 17.5 Å². The van der Waals surface area contributed by atoms with Gasteiger partial charge in [0.05, 0.1) is 37.6 Å². The van der Waals surface area contributed by atoms with Crippen LogP contribution in [0.1, 0.15) is 45.3 Å². The maximum atomic E-state index is 13.3. The molecule has 10 heteroatoms. The smallest absolute Gasteiger partial charge is 0.255 e. The number of likely N-dealkylation sites (tertiary alicyclic amines) is 1. The molecule has 0 saturated carbocycles. The van der Waals surface area contributed by atoms with E-state index in [2.05, 4.69) is 36.1 Å². The highest BCUT2D eigenvalue weighted by Crippen LogP contribution is 2.38. The fourth-order valence-corrected chi connectivity index (χ4v) is 4.64. The fourth-order valence-electron chi connectivity index (χ4n) is 4.64. The summed E-state index contributed by atoms with van der Waals surface area (Å²) in [5.41, 5.74) is 2.99. The summed E-state index contributed by atoms with van der Waals surface area (Å²) in [4.78, 5) is 18.8. The summed E-state index contributed by atoms with van der Waals surface area (Å²) in [6.45, 7) is 8.01. The number of carbonyl (C=O) groups excluding carboxylic acids is 1. The fraction of sp³-hybridized carbons (Fsp3) is 0.520. The Hall–Kier alpha value is -3.30. The maximum Gasteiger partial charge on any atom is 0.255 e. The summed E-state index contributed by atoms with van der Waals surface area (Å²) in [5.74, 6) is 0.470. The van der Waals surface area contributed by atoms with E-state index in [9.17, 15) is 13.6 Å². The lowest BCUT2D eigenvalue weighted by Crippen LogP contribution is -2.39. The van der Waals surface area contributed by atoms with E-state index in [4.69, 9.17) is 4.74 Å². The van der Waals surface area contributed by atoms with Crippen molar-refractivity contribution in [1.82, 2.24) is 29.4 Å². The van der Waals surface area contributed by atoms with E-state index in [0.29, 0.717) is 30.8 Å². The molecule has 0 aliphatic carbocycles. The van der Waals surface area contributed by atoms with E-state index >= 15 is 0 Å². The molecule has 1 fully saturated rings. The summed E-state index contributed by atoms with van der Waals surface area (Å²) >= 11 is 0. The predicted molar refractivity (Wildman–Crippen MR) is 128 cm³/mol. The van der Waals surface area contributed by atoms with Crippen molar-refractivity contribution in [3.8, 4) is 22.7 Å². The van der Waals surface area contributed by atoms with Gasteiger partial charge in [0.15, 0.2) is 0 Å². The number of carbonyl (C=O) groups is 1. The zero-order chi connectivity index (χ0) is 25.3. The van der Waals surface area contributed by atoms with Crippen LogP contribution in [-0.2, 0) is 4.79 Å². The van der Waals surface area contributed by atoms with E-state index in [0.717, 1.165) is 16.9 Å². The molecule has 3 heterocycles. The van der Waals surface area contributed by atoms with Gasteiger partial charge in [-0.05, 0) is 43.2 Å². The Morgan fingerprint density at radius 1 is 1.23 bits per heavy atom. The molecule has 1 aliphatic rings. The van der Waals surface area contributed by atoms with Crippen LogP contribution in [0.5, 0.6) is 5.75 Å². The van der Waals surface area contributed by atoms with Crippen LogP contribution in [0.3, 0.4) is 0 Å². The molecular formula is C25H32F2N6O2. The standard InChI is InChI=1S/C25H32F2N6O2/c1-16-12-32(15-28-16)20-7-6-17(10-22(20)35-5)19-13-33(30-29-19)21-11-18(25(2,3)4)8-9-31(24(21)34)14-23(26)27/h6-7,10,12-13,15,18,21,23H,8-9,11,14H2,1-5H3. The highest BCUT2D eigenvalue weighted by Gasteiger charge is 2.38. The Kier molecular flexibility index (Phi) is 6.91. The van der Waals surface area contributed by atoms with Gasteiger partial charge in [-0.3, -0.25) is 4.79 Å². The number of ether oxygens (including phenoxy) is 1. The van der Waals surface area contributed by atoms with E-state index in [1.165, 1.54) is 9.58 Å². The molecule has 0 radical (unpaired) electrons. The topological polar surface area (TPSA) is 78.1 Å². The largest absolute Gasteiger partial charge is 0.495 e. The summed E-state index contributed by atoms with van der Waals surface area (Å²) in [6.07, 6.45) is 3.95. The summed E-state index contributed by atoms with van der Waals surface area (Å²) in [6, 6.07) is 4.98. The van der Waals surface area contributed by atoms with Crippen LogP contribution in [-0.4, -0.2) is 62.0 Å². The molecule has 1 amide bonds. The second kappa shape index (κ2) is 9.75. The summed E-state index contributed by atoms with van der Waals surface area (Å²) in [5, 5.41) is 8.55. The minimum absolute atomic E-state index is 0.0718. The van der Waals surface area contributed by atoms with Gasteiger partial charge in [0.2, 0.25) is 5.91 Å². The van der Waals surface area contributed by atoms with Crippen molar-refractivity contribution in [3.05, 3.63) is 42.6 Å². The molecule has 4 rings (SSSR count). The maximum absolute atomic E-state index is 13.3. The molecule has 35 heavy (non-hydrogen) atoms. The first kappa shape index (κ1) is 24.8. The van der Waals surface area contributed by atoms with Crippen LogP contribution in [0.2, 0.25) is 0 Å². The molecule has 0 N–H and O–H groups in total. The second-order valence-electron chi connectivity index (χ2n) is 10.2. The monoisotopic (exact) mass is 486 g/mol. The number of hydrogen-bond acceptors (Lipinski definition) is 5. The summed E-state index contributed by atoms with van der Waals surface area (Å²) in [7, 11) is 1.59. The number of nitrogens with zero attached hydrogens (tertiary/aromatic N) is 6. The molecule has 0 spiro atoms. The highest BCUT2D eigenvalue weighted by molar-refractivity contribution is 5.81. The Labute approximate surface area is 203 Å². The highest BCUT2D eigenvalue weighted by atomic mass is 19.3. The first-order valence-corrected chi connectivity index (χ1v) is 11.7. The van der Waals surface area contributed by atoms with Gasteiger partial charge in [-0.15, -0.1) is 5.10 Å². The molecule has 1 aliphatic heterocycles. The quantitative estimate of drug-likeness (QED) is 0.511. The Bertz CT molecular complexity index is 1180. The minimum atomic E-state index is -2.58. The molecule has 3 aromatic rings. The van der Waals surface area contributed by atoms with E-state index in [1.807, 2.05) is 35.9 Å². The predicted octanol–water partition coefficient (Wildman–Crippen LogP) is 4.54. The Balaban J connectivity index is 1.65. The number of benzene rings is 1. The summed E-state index contributed by atoms with van der Waals surface area (Å²) < 4.78 is 35.4. The number of rotatable bonds is 6. The molecule has 188 valence electrons. The van der Waals surface area contributed by atoms with Gasteiger partial charge in [-0.25, -0.2) is 18.4 Å². The van der Waals surface area contributed by atoms with E-state index in [1.54, 1.807) is 19.6 Å². The number of methoxy groups -OCH3 is 1. The third kappa shape index (κ3) is 5.36. The lowest BCUT2D eigenvalue weighted by molar-refractivity contribution is -0.136. The van der Waals surface area contributed by atoms with Gasteiger partial charge in [0.25, 0.3) is 6.43 Å². The number of imidazole rings is 1. The Morgan fingerprint density at radius 2 is 2.00 bits per heavy atom. The number of aryl methyl sites for hydroxylation is 1. The normalized spacial score (nSPS) is 19.3. The lowest BCUT2D eigenvalue weighted by Gasteiger charge is -2.30. The molecule has 2 unspecified atom stereocenters. The average molecular weight is 487 g/mol. The van der Waals surface area contributed by atoms with Crippen molar-refractivity contribution < 1.29 is 18.3 Å². The number of halogens is 2. The van der Waals surface area contributed by atoms with Gasteiger partial charge in [-0.2, -0.15) is 0 Å². The van der Waals surface area contributed by atoms with Crippen LogP contribution in [0.4, 0.5) is 8.78 Å². The van der Waals surface area contributed by atoms with Crippen LogP contribution in [0.15, 0.2) is 36.9 Å². The zero-order valence-corrected chi connectivity index (χ0v) is 20.8. The number of alkyl halides is 2. The molecule has 8 nitrogen and oxygen atoms in total. The van der Waals surface area contributed by atoms with Crippen LogP contribution >= 0.6 is 0 Å². The van der Waals surface area contributed by atoms with E-state index in [-0.39, 0.29) is 17.2 Å². The molecule has 2 atom stereocenters. The van der Waals surface area contributed by atoms with Crippen molar-refractivity contribution in [3.63, 3.8) is 0 Å². The molecule has 2 aromatic heterocycles. The minimum Gasteiger partial charge on any atom is -0.495 e. The molecule has 1 saturated heterocycles. The third-order valence-electron chi connectivity index (χ3n) is 6.73. The van der Waals surface area contributed by atoms with Gasteiger partial charge in [0, 0.05) is 18.3 Å². The third-order valence-corrected chi connectivity index (χ3v) is 6.73. The van der Waals surface area contributed by atoms with Crippen molar-refractivity contribution in [1.29, 1.82) is 0 Å². The lowest BCUT2D eigenvalue weighted by atomic mass is 9.76. The van der Waals surface area contributed by atoms with Crippen LogP contribution in [0.25, 0.3) is 16.9 Å². The molecule has 0 bridgehead atoms. The van der Waals surface area contributed by atoms with Crippen LogP contribution in [0, 0.1) is 18.3 Å². The van der Waals surface area contributed by atoms with Crippen molar-refractivity contribution in [2.45, 2.75) is 53.0 Å². The first-order chi connectivity index (χ1) is 16.6. The van der Waals surface area contributed by atoms with Gasteiger partial charge >= 0.3 is 0 Å². The number of amides is 1. The van der Waals surface area contributed by atoms with Gasteiger partial charge in [-0.1, -0.05) is 32.1 Å². The molecule has 1 aromatic carbocycles. The first-order valence-electron chi connectivity index (χ1n) is 11.7. The van der Waals surface area contributed by atoms with Crippen molar-refractivity contribution in [2.24, 2.45) is 11.3 Å². The van der Waals surface area contributed by atoms with Crippen molar-refractivity contribution in [2.75, 3.05) is 20.2 Å². The zero-order valence-electron chi connectivity index (χ0n) is 20.8. The Morgan fingerprint density at radius 3 is 2.63 bits per heavy atom. The average Bonchev–Trinajstić information content (AvgIpc) is 3.42.